The largest absolute Gasteiger partial charge is 0.481 e. The molecule has 0 bridgehead atoms. The van der Waals surface area contributed by atoms with Gasteiger partial charge in [0.1, 0.15) is 89.6 Å². The highest BCUT2D eigenvalue weighted by Gasteiger charge is 2.45. The lowest BCUT2D eigenvalue weighted by Gasteiger charge is -2.34. The number of amides is 17. The molecular weight excluding hydrogens is 1820 g/mol. The smallest absolute Gasteiger partial charge is 0.303 e. The molecule has 49 heteroatoms. The fraction of sp³-hybridized carbons (Fsp3) is 0.681. The number of carbonyl (C=O) groups excluding carboxylic acids is 17. The highest BCUT2D eigenvalue weighted by atomic mass is 16.4. The van der Waals surface area contributed by atoms with E-state index in [1.54, 1.807) is 70.2 Å². The first-order chi connectivity index (χ1) is 65.9. The number of hydrogen-bond acceptors (Lipinski definition) is 25. The van der Waals surface area contributed by atoms with Crippen LogP contribution in [0.2, 0.25) is 0 Å². The van der Waals surface area contributed by atoms with Crippen molar-refractivity contribution >= 4 is 124 Å². The molecule has 1 heterocycles. The summed E-state index contributed by atoms with van der Waals surface area (Å²) in [6, 6.07) is -11.3. The van der Waals surface area contributed by atoms with E-state index < -0.39 is 239 Å². The van der Waals surface area contributed by atoms with Crippen LogP contribution in [0.4, 0.5) is 0 Å². The summed E-state index contributed by atoms with van der Waals surface area (Å²) in [5.41, 5.74) is 30.7. The number of aliphatic carboxylic acids is 1. The number of primary amides is 1. The number of carboxylic acid groups (broad SMARTS) is 1. The Hall–Kier alpha value is -12.9. The van der Waals surface area contributed by atoms with Crippen molar-refractivity contribution in [1.29, 1.82) is 16.2 Å². The Bertz CT molecular complexity index is 4300. The van der Waals surface area contributed by atoms with Gasteiger partial charge in [0.25, 0.3) is 0 Å². The van der Waals surface area contributed by atoms with E-state index in [-0.39, 0.29) is 180 Å². The quantitative estimate of drug-likeness (QED) is 0.0125. The number of carboxylic acids is 1. The molecule has 0 aliphatic carbocycles. The third-order valence-corrected chi connectivity index (χ3v) is 23.0. The van der Waals surface area contributed by atoms with Gasteiger partial charge in [0.05, 0.1) is 12.2 Å². The van der Waals surface area contributed by atoms with Crippen LogP contribution in [0.1, 0.15) is 242 Å². The van der Waals surface area contributed by atoms with Crippen LogP contribution in [0.5, 0.6) is 0 Å². The molecule has 1 unspecified atom stereocenters. The predicted molar refractivity (Wildman–Crippen MR) is 521 cm³/mol. The second-order valence-electron chi connectivity index (χ2n) is 36.4. The normalized spacial score (nSPS) is 19.4. The maximum atomic E-state index is 15.3. The first-order valence-corrected chi connectivity index (χ1v) is 48.0. The minimum Gasteiger partial charge on any atom is -0.481 e. The first kappa shape index (κ1) is 123. The highest BCUT2D eigenvalue weighted by Crippen LogP contribution is 2.23. The van der Waals surface area contributed by atoms with Gasteiger partial charge < -0.3 is 151 Å². The summed E-state index contributed by atoms with van der Waals surface area (Å²) in [6.07, 6.45) is 0.00129. The minimum atomic E-state index is -2.06. The number of hydrogen-bond donors (Lipinski definition) is 31. The minimum absolute atomic E-state index is 0.00886. The summed E-state index contributed by atoms with van der Waals surface area (Å²) in [5.74, 6) is -19.2. The number of aliphatic hydroxyl groups is 2. The summed E-state index contributed by atoms with van der Waals surface area (Å²) >= 11 is 0. The molecule has 0 saturated heterocycles. The molecule has 2 rings (SSSR count). The molecule has 0 aromatic heterocycles. The zero-order valence-corrected chi connectivity index (χ0v) is 82.6. The average Bonchev–Trinajstić information content (AvgIpc) is 0.861. The monoisotopic (exact) mass is 1980 g/mol. The molecule has 788 valence electrons. The zero-order chi connectivity index (χ0) is 106. The van der Waals surface area contributed by atoms with Gasteiger partial charge in [0.2, 0.25) is 100 Å². The summed E-state index contributed by atoms with van der Waals surface area (Å²) in [4.78, 5) is 255. The van der Waals surface area contributed by atoms with Crippen molar-refractivity contribution < 1.29 is 102 Å². The van der Waals surface area contributed by atoms with Gasteiger partial charge >= 0.3 is 5.97 Å². The van der Waals surface area contributed by atoms with Crippen LogP contribution in [0, 0.1) is 28.1 Å². The molecule has 49 nitrogen and oxygen atoms in total. The molecule has 1 aromatic rings. The molecule has 37 N–H and O–H groups in total. The van der Waals surface area contributed by atoms with Gasteiger partial charge in [-0.05, 0) is 200 Å². The second kappa shape index (κ2) is 65.1. The summed E-state index contributed by atoms with van der Waals surface area (Å²) < 4.78 is 0. The van der Waals surface area contributed by atoms with E-state index in [0.29, 0.717) is 31.2 Å². The van der Waals surface area contributed by atoms with Crippen molar-refractivity contribution in [3.8, 4) is 0 Å². The van der Waals surface area contributed by atoms with Crippen LogP contribution in [0.3, 0.4) is 0 Å². The van der Waals surface area contributed by atoms with Gasteiger partial charge in [-0.25, -0.2) is 0 Å². The lowest BCUT2D eigenvalue weighted by atomic mass is 9.90. The number of allylic oxidation sites excluding steroid dienone is 2. The maximum Gasteiger partial charge on any atom is 0.303 e. The number of guanidine groups is 3. The van der Waals surface area contributed by atoms with Crippen molar-refractivity contribution in [3.63, 3.8) is 0 Å². The Labute approximate surface area is 818 Å². The van der Waals surface area contributed by atoms with Gasteiger partial charge in [0, 0.05) is 52.4 Å². The Morgan fingerprint density at radius 2 is 0.929 bits per heavy atom. The lowest BCUT2D eigenvalue weighted by molar-refractivity contribution is -0.140. The Balaban J connectivity index is 2.79. The van der Waals surface area contributed by atoms with Crippen molar-refractivity contribution in [3.05, 3.63) is 48.0 Å². The van der Waals surface area contributed by atoms with Gasteiger partial charge in [-0.1, -0.05) is 89.9 Å². The van der Waals surface area contributed by atoms with Crippen LogP contribution in [-0.4, -0.2) is 281 Å². The van der Waals surface area contributed by atoms with Gasteiger partial charge in [0.15, 0.2) is 17.9 Å². The lowest BCUT2D eigenvalue weighted by Crippen LogP contribution is -2.66. The van der Waals surface area contributed by atoms with E-state index in [4.69, 9.17) is 50.6 Å². The molecule has 140 heavy (non-hydrogen) atoms. The van der Waals surface area contributed by atoms with Crippen LogP contribution in [0.15, 0.2) is 42.5 Å². The van der Waals surface area contributed by atoms with Crippen molar-refractivity contribution in [1.82, 2.24) is 101 Å². The van der Waals surface area contributed by atoms with Crippen LogP contribution in [-0.2, 0) is 92.7 Å². The Morgan fingerprint density at radius 1 is 0.479 bits per heavy atom. The van der Waals surface area contributed by atoms with E-state index in [9.17, 15) is 82.4 Å². The van der Waals surface area contributed by atoms with E-state index >= 15 is 19.2 Å². The van der Waals surface area contributed by atoms with E-state index in [0.717, 1.165) is 13.8 Å². The standard InChI is InChI=1S/C91H158N28O21/c1-12-13-32-58(75(129)113-65(72(94)126)49-51(2)3)108-77(131)64(38-39-68(124)125)111-74(128)61(35-27-45-102-87(95)96)112-82(136)70(54(7)120)116-79(133)59(33-21-25-43-92)107-73(127)53(6)105-85(139)90(10)41-23-16-14-15-17-24-42-91(11,86(140)114-63(37-29-47-104-89(99)100)76(130)109-62(36-28-46-103-88(97)98)80(134)117-71(55(8)121)84(138)119-90)118-83(137)69(52(4)5)115-78(132)60(34-22-26-44-93)110-81(135)66(50-57-30-19-18-20-31-57)106-67(123)40-48-101-56(9)122/h14-15,18-20,30-31,51-55,58-66,69-71,120-121H,12-13,16-17,21-29,32-50,92-93H2,1-11H3,(H2,94,126)(H,101,122)(H,105,139)(H,106,123)(H,107,127)(H,108,131)(H,109,130)(H,110,135)(H,111,128)(H,112,136)(H,113,129)(H,114,140)(H,115,132)(H,116,133)(H,117,134)(H,118,137)(H,119,138)(H,124,125)(H4,95,96,102)(H4,97,98,103)(H4,99,100,104)/b15-14-/t53-,54?,55+,58-,59-,60-,61-,62-,63-,64-,65-,66-,69-,70-,71-,90-,91-/m0/s1. The highest BCUT2D eigenvalue weighted by molar-refractivity contribution is 6.02. The number of aliphatic hydroxyl groups excluding tert-OH is 2. The fourth-order valence-electron chi connectivity index (χ4n) is 14.8. The predicted octanol–water partition coefficient (Wildman–Crippen LogP) is -5.21. The van der Waals surface area contributed by atoms with Crippen molar-refractivity contribution in [2.24, 2.45) is 46.2 Å². The topological polar surface area (TPSA) is 824 Å². The molecule has 17 atom stereocenters. The average molecular weight is 1980 g/mol. The van der Waals surface area contributed by atoms with Crippen LogP contribution < -0.4 is 135 Å². The number of unbranched alkanes of at least 4 members (excludes halogenated alkanes) is 3. The van der Waals surface area contributed by atoms with Gasteiger partial charge in [-0.3, -0.25) is 103 Å². The first-order valence-electron chi connectivity index (χ1n) is 48.0. The SMILES string of the molecule is CCCC[C@H](NC(=O)[C@H](CCC(=O)O)NC(=O)[C@H](CCCNC(=N)N)NC(=O)[C@@H](NC(=O)[C@H](CCCCN)NC(=O)[C@H](C)NC(=O)[C@]1(C)CCC/C=C\CCC[C@](C)(NC(=O)[C@@H](NC(=O)[C@H](CCCCN)NC(=O)[C@H](Cc2ccccc2)NC(=O)CCNC(C)=O)C(C)C)C(=O)N[C@@H](CCCNC(=N)N)C(=O)N[C@@H](CCCNC(=N)N)C(=O)N[C@@H]([C@@H](C)O)C(=O)N1)C(C)O)C(=O)N[C@@H](CC(C)C)C(N)=O. The molecule has 17 amide bonds. The van der Waals surface area contributed by atoms with Crippen molar-refractivity contribution in [2.45, 2.75) is 345 Å². The summed E-state index contributed by atoms with van der Waals surface area (Å²) in [7, 11) is 0. The number of rotatable bonds is 58. The van der Waals surface area contributed by atoms with Crippen molar-refractivity contribution in [2.75, 3.05) is 39.3 Å². The van der Waals surface area contributed by atoms with Crippen LogP contribution >= 0.6 is 0 Å². The summed E-state index contributed by atoms with van der Waals surface area (Å²) in [6.45, 7) is 16.3. The molecule has 0 spiro atoms. The van der Waals surface area contributed by atoms with E-state index in [1.165, 1.54) is 27.7 Å². The number of nitrogens with two attached hydrogens (primary N) is 6. The zero-order valence-electron chi connectivity index (χ0n) is 82.6. The molecule has 1 aromatic carbocycles. The number of benzene rings is 1. The number of carbonyl (C=O) groups is 18. The van der Waals surface area contributed by atoms with E-state index in [2.05, 4.69) is 101 Å². The van der Waals surface area contributed by atoms with Crippen LogP contribution in [0.25, 0.3) is 0 Å². The molecule has 0 fully saturated rings. The Kier molecular flexibility index (Phi) is 57.2. The third kappa shape index (κ3) is 48.1. The fourth-order valence-corrected chi connectivity index (χ4v) is 14.8. The van der Waals surface area contributed by atoms with E-state index in [1.807, 2.05) is 6.92 Å². The van der Waals surface area contributed by atoms with Gasteiger partial charge in [-0.2, -0.15) is 0 Å². The summed E-state index contributed by atoms with van der Waals surface area (Å²) in [5, 5.41) is 105. The molecule has 0 radical (unpaired) electrons. The molecule has 1 aliphatic rings. The number of nitrogens with one attached hydrogen (secondary N) is 22. The molecule has 1 aliphatic heterocycles. The third-order valence-electron chi connectivity index (χ3n) is 23.0. The van der Waals surface area contributed by atoms with Gasteiger partial charge in [-0.15, -0.1) is 0 Å². The molecular formula is C91H158N28O21. The molecule has 0 saturated carbocycles. The maximum absolute atomic E-state index is 15.3. The Morgan fingerprint density at radius 3 is 1.40 bits per heavy atom. The second-order valence-corrected chi connectivity index (χ2v) is 36.4.